The van der Waals surface area contributed by atoms with Crippen LogP contribution in [0.1, 0.15) is 29.1 Å². The molecule has 7 heteroatoms. The van der Waals surface area contributed by atoms with Crippen LogP contribution in [0.5, 0.6) is 5.75 Å². The number of phenols is 1. The Morgan fingerprint density at radius 1 is 1.56 bits per heavy atom. The number of carbonyl (C=O) groups excluding carboxylic acids is 1. The van der Waals surface area contributed by atoms with Gasteiger partial charge in [0.05, 0.1) is 11.6 Å². The van der Waals surface area contributed by atoms with Gasteiger partial charge >= 0.3 is 0 Å². The number of phenolic OH excluding ortho intramolecular Hbond substituents is 1. The lowest BCUT2D eigenvalue weighted by molar-refractivity contribution is 0.0935. The number of carbonyl (C=O) groups is 1. The van der Waals surface area contributed by atoms with E-state index in [1.807, 2.05) is 0 Å². The minimum absolute atomic E-state index is 0.134. The van der Waals surface area contributed by atoms with Gasteiger partial charge in [-0.2, -0.15) is 4.98 Å². The summed E-state index contributed by atoms with van der Waals surface area (Å²) < 4.78 is 4.58. The number of aromatic hydroxyl groups is 1. The molecule has 1 aromatic carbocycles. The molecule has 1 amide bonds. The van der Waals surface area contributed by atoms with Gasteiger partial charge in [0.2, 0.25) is 6.39 Å². The molecule has 94 valence electrons. The average molecular weight is 268 g/mol. The zero-order valence-corrected chi connectivity index (χ0v) is 10.2. The molecule has 0 saturated carbocycles. The SMILES string of the molecule is CC(NC(=O)c1ccc(Cl)cc1O)c1ncon1. The average Bonchev–Trinajstić information content (AvgIpc) is 2.81. The van der Waals surface area contributed by atoms with E-state index < -0.39 is 11.9 Å². The molecule has 2 rings (SSSR count). The van der Waals surface area contributed by atoms with Gasteiger partial charge in [-0.05, 0) is 25.1 Å². The van der Waals surface area contributed by atoms with Crippen molar-refractivity contribution in [2.24, 2.45) is 0 Å². The van der Waals surface area contributed by atoms with E-state index in [1.54, 1.807) is 6.92 Å². The molecule has 0 aliphatic rings. The maximum atomic E-state index is 11.9. The Morgan fingerprint density at radius 3 is 2.94 bits per heavy atom. The lowest BCUT2D eigenvalue weighted by Crippen LogP contribution is -2.27. The lowest BCUT2D eigenvalue weighted by Gasteiger charge is -2.10. The number of rotatable bonds is 3. The number of halogens is 1. The first-order valence-corrected chi connectivity index (χ1v) is 5.51. The first-order valence-electron chi connectivity index (χ1n) is 5.13. The third-order valence-corrected chi connectivity index (χ3v) is 2.55. The van der Waals surface area contributed by atoms with E-state index in [0.29, 0.717) is 10.8 Å². The molecule has 2 aromatic rings. The first-order chi connectivity index (χ1) is 8.58. The van der Waals surface area contributed by atoms with E-state index in [0.717, 1.165) is 0 Å². The van der Waals surface area contributed by atoms with E-state index in [4.69, 9.17) is 11.6 Å². The van der Waals surface area contributed by atoms with Crippen LogP contribution in [0.25, 0.3) is 0 Å². The maximum Gasteiger partial charge on any atom is 0.255 e. The Labute approximate surface area is 108 Å². The van der Waals surface area contributed by atoms with Crippen LogP contribution in [-0.4, -0.2) is 21.2 Å². The molecule has 2 N–H and O–H groups in total. The number of aromatic nitrogens is 2. The smallest absolute Gasteiger partial charge is 0.255 e. The number of nitrogens with one attached hydrogen (secondary N) is 1. The van der Waals surface area contributed by atoms with Crippen LogP contribution in [0.15, 0.2) is 29.1 Å². The first kappa shape index (κ1) is 12.4. The normalized spacial score (nSPS) is 12.1. The van der Waals surface area contributed by atoms with Gasteiger partial charge in [-0.3, -0.25) is 4.79 Å². The van der Waals surface area contributed by atoms with Crippen LogP contribution >= 0.6 is 11.6 Å². The van der Waals surface area contributed by atoms with Crippen molar-refractivity contribution in [3.05, 3.63) is 41.0 Å². The highest BCUT2D eigenvalue weighted by molar-refractivity contribution is 6.30. The fourth-order valence-corrected chi connectivity index (χ4v) is 1.57. The van der Waals surface area contributed by atoms with E-state index in [2.05, 4.69) is 20.0 Å². The van der Waals surface area contributed by atoms with Crippen LogP contribution in [0, 0.1) is 0 Å². The molecule has 6 nitrogen and oxygen atoms in total. The minimum atomic E-state index is -0.443. The van der Waals surface area contributed by atoms with Crippen LogP contribution in [0.2, 0.25) is 5.02 Å². The Balaban J connectivity index is 2.12. The molecule has 1 atom stereocenters. The number of benzene rings is 1. The third kappa shape index (κ3) is 2.60. The van der Waals surface area contributed by atoms with Crippen LogP contribution in [-0.2, 0) is 0 Å². The Bertz CT molecular complexity index is 557. The standard InChI is InChI=1S/C11H10ClN3O3/c1-6(10-13-5-18-15-10)14-11(17)8-3-2-7(12)4-9(8)16/h2-6,16H,1H3,(H,14,17). The van der Waals surface area contributed by atoms with Crippen molar-refractivity contribution < 1.29 is 14.4 Å². The Morgan fingerprint density at radius 2 is 2.33 bits per heavy atom. The molecule has 0 aliphatic heterocycles. The van der Waals surface area contributed by atoms with Crippen LogP contribution < -0.4 is 5.32 Å². The van der Waals surface area contributed by atoms with Crippen molar-refractivity contribution in [3.8, 4) is 5.75 Å². The van der Waals surface area contributed by atoms with Gasteiger partial charge in [-0.25, -0.2) is 0 Å². The van der Waals surface area contributed by atoms with E-state index in [1.165, 1.54) is 24.6 Å². The molecule has 1 aromatic heterocycles. The van der Waals surface area contributed by atoms with Gasteiger partial charge in [-0.15, -0.1) is 0 Å². The van der Waals surface area contributed by atoms with E-state index in [9.17, 15) is 9.90 Å². The van der Waals surface area contributed by atoms with Crippen LogP contribution in [0.4, 0.5) is 0 Å². The highest BCUT2D eigenvalue weighted by Crippen LogP contribution is 2.22. The molecule has 0 fully saturated rings. The highest BCUT2D eigenvalue weighted by Gasteiger charge is 2.17. The summed E-state index contributed by atoms with van der Waals surface area (Å²) >= 11 is 5.68. The summed E-state index contributed by atoms with van der Waals surface area (Å²) in [6, 6.07) is 3.84. The molecule has 0 spiro atoms. The second kappa shape index (κ2) is 5.05. The number of amides is 1. The number of hydrogen-bond donors (Lipinski definition) is 2. The quantitative estimate of drug-likeness (QED) is 0.887. The fraction of sp³-hybridized carbons (Fsp3) is 0.182. The predicted molar refractivity (Wildman–Crippen MR) is 63.3 cm³/mol. The molecule has 1 unspecified atom stereocenters. The van der Waals surface area contributed by atoms with E-state index in [-0.39, 0.29) is 11.3 Å². The zero-order valence-electron chi connectivity index (χ0n) is 9.42. The third-order valence-electron chi connectivity index (χ3n) is 2.32. The monoisotopic (exact) mass is 267 g/mol. The van der Waals surface area contributed by atoms with Gasteiger partial charge in [-0.1, -0.05) is 16.8 Å². The summed E-state index contributed by atoms with van der Waals surface area (Å²) in [5, 5.41) is 16.2. The summed E-state index contributed by atoms with van der Waals surface area (Å²) in [5.41, 5.74) is 0.134. The maximum absolute atomic E-state index is 11.9. The summed E-state index contributed by atoms with van der Waals surface area (Å²) in [6.07, 6.45) is 1.18. The van der Waals surface area contributed by atoms with Gasteiger partial charge < -0.3 is 14.9 Å². The molecular formula is C11H10ClN3O3. The summed E-state index contributed by atoms with van der Waals surface area (Å²) in [7, 11) is 0. The van der Waals surface area contributed by atoms with Gasteiger partial charge in [0.25, 0.3) is 5.91 Å². The van der Waals surface area contributed by atoms with Gasteiger partial charge in [0.1, 0.15) is 5.75 Å². The van der Waals surface area contributed by atoms with Crippen molar-refractivity contribution in [3.63, 3.8) is 0 Å². The highest BCUT2D eigenvalue weighted by atomic mass is 35.5. The fourth-order valence-electron chi connectivity index (χ4n) is 1.41. The largest absolute Gasteiger partial charge is 0.507 e. The zero-order chi connectivity index (χ0) is 13.1. The predicted octanol–water partition coefficient (Wildman–Crippen LogP) is 1.92. The Hall–Kier alpha value is -2.08. The van der Waals surface area contributed by atoms with Crippen molar-refractivity contribution >= 4 is 17.5 Å². The molecule has 0 radical (unpaired) electrons. The second-order valence-electron chi connectivity index (χ2n) is 3.65. The summed E-state index contributed by atoms with van der Waals surface area (Å²) in [4.78, 5) is 15.7. The molecular weight excluding hydrogens is 258 g/mol. The van der Waals surface area contributed by atoms with Crippen molar-refractivity contribution in [1.29, 1.82) is 0 Å². The topological polar surface area (TPSA) is 88.2 Å². The van der Waals surface area contributed by atoms with Crippen molar-refractivity contribution in [2.45, 2.75) is 13.0 Å². The molecule has 0 aliphatic carbocycles. The number of hydrogen-bond acceptors (Lipinski definition) is 5. The molecule has 1 heterocycles. The lowest BCUT2D eigenvalue weighted by atomic mass is 10.1. The Kier molecular flexibility index (Phi) is 3.47. The number of nitrogens with zero attached hydrogens (tertiary/aromatic N) is 2. The van der Waals surface area contributed by atoms with Crippen molar-refractivity contribution in [2.75, 3.05) is 0 Å². The van der Waals surface area contributed by atoms with Gasteiger partial charge in [0, 0.05) is 5.02 Å². The van der Waals surface area contributed by atoms with E-state index >= 15 is 0 Å². The molecule has 18 heavy (non-hydrogen) atoms. The van der Waals surface area contributed by atoms with Crippen molar-refractivity contribution in [1.82, 2.24) is 15.5 Å². The molecule has 0 bridgehead atoms. The van der Waals surface area contributed by atoms with Crippen LogP contribution in [0.3, 0.4) is 0 Å². The second-order valence-corrected chi connectivity index (χ2v) is 4.08. The minimum Gasteiger partial charge on any atom is -0.507 e. The summed E-state index contributed by atoms with van der Waals surface area (Å²) in [5.74, 6) is -0.265. The molecule has 0 saturated heterocycles. The van der Waals surface area contributed by atoms with Gasteiger partial charge in [0.15, 0.2) is 5.82 Å². The summed E-state index contributed by atoms with van der Waals surface area (Å²) in [6.45, 7) is 1.70.